The molecule has 0 aromatic carbocycles. The Labute approximate surface area is 106 Å². The molecule has 98 valence electrons. The first kappa shape index (κ1) is 12.6. The zero-order chi connectivity index (χ0) is 13.0. The molecule has 0 fully saturated rings. The van der Waals surface area contributed by atoms with Crippen LogP contribution < -0.4 is 10.6 Å². The van der Waals surface area contributed by atoms with Gasteiger partial charge < -0.3 is 9.73 Å². The molecule has 2 heterocycles. The molecule has 18 heavy (non-hydrogen) atoms. The summed E-state index contributed by atoms with van der Waals surface area (Å²) in [7, 11) is 1.85. The van der Waals surface area contributed by atoms with Crippen LogP contribution in [0.2, 0.25) is 0 Å². The smallest absolute Gasteiger partial charge is 0.321 e. The maximum absolute atomic E-state index is 5.43. The van der Waals surface area contributed by atoms with Crippen LogP contribution in [0.3, 0.4) is 0 Å². The van der Waals surface area contributed by atoms with Gasteiger partial charge in [0.2, 0.25) is 5.89 Å². The molecule has 0 saturated heterocycles. The number of rotatable bonds is 6. The molecule has 0 bridgehead atoms. The second kappa shape index (κ2) is 5.63. The minimum Gasteiger partial charge on any atom is -0.406 e. The lowest BCUT2D eigenvalue weighted by Gasteiger charge is -2.03. The van der Waals surface area contributed by atoms with Crippen molar-refractivity contribution in [3.63, 3.8) is 0 Å². The second-order valence-corrected chi connectivity index (χ2v) is 4.53. The zero-order valence-electron chi connectivity index (χ0n) is 10.8. The van der Waals surface area contributed by atoms with Crippen LogP contribution in [0, 0.1) is 5.92 Å². The standard InChI is InChI=1S/C11H18N6O/c1-8(2)6-12-7-10-14-15-11(18-10)13-9-4-5-17(3)16-9/h4-5,8,12H,6-7H2,1-3H3,(H,13,15,16). The van der Waals surface area contributed by atoms with E-state index in [2.05, 4.69) is 39.8 Å². The summed E-state index contributed by atoms with van der Waals surface area (Å²) in [6.07, 6.45) is 1.84. The molecule has 0 amide bonds. The first-order chi connectivity index (χ1) is 8.63. The number of nitrogens with zero attached hydrogens (tertiary/aromatic N) is 4. The Bertz CT molecular complexity index is 489. The van der Waals surface area contributed by atoms with Gasteiger partial charge in [-0.3, -0.25) is 10.00 Å². The minimum atomic E-state index is 0.357. The Morgan fingerprint density at radius 1 is 1.39 bits per heavy atom. The average Bonchev–Trinajstić information content (AvgIpc) is 2.89. The van der Waals surface area contributed by atoms with Crippen molar-refractivity contribution in [3.8, 4) is 0 Å². The molecule has 7 nitrogen and oxygen atoms in total. The number of hydrogen-bond acceptors (Lipinski definition) is 6. The van der Waals surface area contributed by atoms with Gasteiger partial charge in [-0.15, -0.1) is 5.10 Å². The summed E-state index contributed by atoms with van der Waals surface area (Å²) in [5.41, 5.74) is 0. The van der Waals surface area contributed by atoms with Gasteiger partial charge in [0.15, 0.2) is 5.82 Å². The van der Waals surface area contributed by atoms with E-state index in [0.717, 1.165) is 6.54 Å². The lowest BCUT2D eigenvalue weighted by Crippen LogP contribution is -2.19. The molecular formula is C11H18N6O. The summed E-state index contributed by atoms with van der Waals surface area (Å²) >= 11 is 0. The third-order valence-electron chi connectivity index (χ3n) is 2.24. The number of aromatic nitrogens is 4. The van der Waals surface area contributed by atoms with Gasteiger partial charge in [-0.2, -0.15) is 5.10 Å². The van der Waals surface area contributed by atoms with Gasteiger partial charge in [0.05, 0.1) is 6.54 Å². The first-order valence-corrected chi connectivity index (χ1v) is 5.93. The highest BCUT2D eigenvalue weighted by Crippen LogP contribution is 2.12. The molecule has 2 N–H and O–H groups in total. The van der Waals surface area contributed by atoms with E-state index in [9.17, 15) is 0 Å². The quantitative estimate of drug-likeness (QED) is 0.804. The van der Waals surface area contributed by atoms with E-state index in [1.54, 1.807) is 4.68 Å². The van der Waals surface area contributed by atoms with Gasteiger partial charge in [0.25, 0.3) is 0 Å². The Hall–Kier alpha value is -1.89. The maximum atomic E-state index is 5.43. The van der Waals surface area contributed by atoms with Crippen molar-refractivity contribution in [2.75, 3.05) is 11.9 Å². The molecule has 0 atom stereocenters. The van der Waals surface area contributed by atoms with E-state index in [4.69, 9.17) is 4.42 Å². The Morgan fingerprint density at radius 2 is 2.22 bits per heavy atom. The number of hydrogen-bond donors (Lipinski definition) is 2. The third kappa shape index (κ3) is 3.56. The SMILES string of the molecule is CC(C)CNCc1nnc(Nc2ccn(C)n2)o1. The van der Waals surface area contributed by atoms with Crippen LogP contribution in [0.25, 0.3) is 0 Å². The van der Waals surface area contributed by atoms with E-state index < -0.39 is 0 Å². The van der Waals surface area contributed by atoms with Crippen LogP contribution in [0.15, 0.2) is 16.7 Å². The summed E-state index contributed by atoms with van der Waals surface area (Å²) in [6, 6.07) is 2.19. The lowest BCUT2D eigenvalue weighted by atomic mass is 10.2. The molecule has 0 spiro atoms. The first-order valence-electron chi connectivity index (χ1n) is 5.93. The van der Waals surface area contributed by atoms with Crippen molar-refractivity contribution in [2.24, 2.45) is 13.0 Å². The molecule has 0 aliphatic rings. The lowest BCUT2D eigenvalue weighted by molar-refractivity contribution is 0.460. The van der Waals surface area contributed by atoms with E-state index in [0.29, 0.717) is 30.2 Å². The van der Waals surface area contributed by atoms with Crippen molar-refractivity contribution in [1.82, 2.24) is 25.3 Å². The van der Waals surface area contributed by atoms with Crippen LogP contribution in [0.4, 0.5) is 11.8 Å². The minimum absolute atomic E-state index is 0.357. The molecular weight excluding hydrogens is 232 g/mol. The van der Waals surface area contributed by atoms with Gasteiger partial charge in [-0.25, -0.2) is 0 Å². The zero-order valence-corrected chi connectivity index (χ0v) is 10.8. The second-order valence-electron chi connectivity index (χ2n) is 4.53. The summed E-state index contributed by atoms with van der Waals surface area (Å²) in [4.78, 5) is 0. The van der Waals surface area contributed by atoms with Gasteiger partial charge in [-0.1, -0.05) is 18.9 Å². The topological polar surface area (TPSA) is 80.8 Å². The summed E-state index contributed by atoms with van der Waals surface area (Å²) in [5, 5.41) is 18.2. The van der Waals surface area contributed by atoms with Crippen molar-refractivity contribution in [2.45, 2.75) is 20.4 Å². The fourth-order valence-corrected chi connectivity index (χ4v) is 1.43. The number of anilines is 2. The average molecular weight is 250 g/mol. The predicted molar refractivity (Wildman–Crippen MR) is 67.3 cm³/mol. The monoisotopic (exact) mass is 250 g/mol. The fraction of sp³-hybridized carbons (Fsp3) is 0.545. The Morgan fingerprint density at radius 3 is 2.89 bits per heavy atom. The predicted octanol–water partition coefficient (Wildman–Crippen LogP) is 1.29. The fourth-order valence-electron chi connectivity index (χ4n) is 1.43. The largest absolute Gasteiger partial charge is 0.406 e. The highest BCUT2D eigenvalue weighted by Gasteiger charge is 2.07. The molecule has 0 aliphatic carbocycles. The molecule has 2 aromatic rings. The van der Waals surface area contributed by atoms with Crippen LogP contribution in [0.1, 0.15) is 19.7 Å². The third-order valence-corrected chi connectivity index (χ3v) is 2.24. The van der Waals surface area contributed by atoms with Gasteiger partial charge in [-0.05, 0) is 12.5 Å². The number of aryl methyl sites for hydroxylation is 1. The Balaban J connectivity index is 1.86. The van der Waals surface area contributed by atoms with Crippen molar-refractivity contribution < 1.29 is 4.42 Å². The molecule has 0 unspecified atom stereocenters. The van der Waals surface area contributed by atoms with Crippen LogP contribution >= 0.6 is 0 Å². The highest BCUT2D eigenvalue weighted by atomic mass is 16.4. The highest BCUT2D eigenvalue weighted by molar-refractivity contribution is 5.44. The molecule has 2 aromatic heterocycles. The van der Waals surface area contributed by atoms with Crippen LogP contribution in [0.5, 0.6) is 0 Å². The van der Waals surface area contributed by atoms with Crippen molar-refractivity contribution in [3.05, 3.63) is 18.2 Å². The van der Waals surface area contributed by atoms with Crippen molar-refractivity contribution in [1.29, 1.82) is 0 Å². The van der Waals surface area contributed by atoms with Gasteiger partial charge in [0.1, 0.15) is 0 Å². The van der Waals surface area contributed by atoms with E-state index >= 15 is 0 Å². The molecule has 2 rings (SSSR count). The van der Waals surface area contributed by atoms with Crippen LogP contribution in [-0.2, 0) is 13.6 Å². The Kier molecular flexibility index (Phi) is 3.93. The molecule has 0 radical (unpaired) electrons. The summed E-state index contributed by atoms with van der Waals surface area (Å²) < 4.78 is 7.13. The normalized spacial score (nSPS) is 11.1. The van der Waals surface area contributed by atoms with Crippen LogP contribution in [-0.4, -0.2) is 26.5 Å². The molecule has 7 heteroatoms. The van der Waals surface area contributed by atoms with Crippen molar-refractivity contribution >= 4 is 11.8 Å². The summed E-state index contributed by atoms with van der Waals surface area (Å²) in [6.45, 7) is 5.80. The van der Waals surface area contributed by atoms with Gasteiger partial charge >= 0.3 is 6.01 Å². The van der Waals surface area contributed by atoms with Gasteiger partial charge in [0, 0.05) is 19.3 Å². The van der Waals surface area contributed by atoms with E-state index in [1.807, 2.05) is 19.3 Å². The van der Waals surface area contributed by atoms with E-state index in [1.165, 1.54) is 0 Å². The molecule has 0 saturated carbocycles. The molecule has 0 aliphatic heterocycles. The maximum Gasteiger partial charge on any atom is 0.321 e. The van der Waals surface area contributed by atoms with E-state index in [-0.39, 0.29) is 0 Å². The number of nitrogens with one attached hydrogen (secondary N) is 2. The summed E-state index contributed by atoms with van der Waals surface area (Å²) in [5.74, 6) is 1.84.